The number of anilines is 1. The maximum atomic E-state index is 11.7. The molecule has 86 valence electrons. The van der Waals surface area contributed by atoms with Crippen LogP contribution in [-0.2, 0) is 0 Å². The molecule has 1 aromatic carbocycles. The minimum Gasteiger partial charge on any atom is -0.313 e. The van der Waals surface area contributed by atoms with E-state index < -0.39 is 4.92 Å². The molecular weight excluding hydrogens is 240 g/mol. The van der Waals surface area contributed by atoms with Crippen LogP contribution in [0.2, 0.25) is 0 Å². The highest BCUT2D eigenvalue weighted by Gasteiger charge is 2.12. The van der Waals surface area contributed by atoms with Gasteiger partial charge < -0.3 is 5.32 Å². The molecule has 0 aliphatic carbocycles. The van der Waals surface area contributed by atoms with Gasteiger partial charge in [-0.3, -0.25) is 14.9 Å². The third kappa shape index (κ3) is 2.67. The minimum absolute atomic E-state index is 0.00774. The Morgan fingerprint density at radius 2 is 1.88 bits per heavy atom. The highest BCUT2D eigenvalue weighted by Crippen LogP contribution is 2.28. The van der Waals surface area contributed by atoms with Gasteiger partial charge in [-0.15, -0.1) is 0 Å². The zero-order valence-electron chi connectivity index (χ0n) is 8.62. The summed E-state index contributed by atoms with van der Waals surface area (Å²) in [6, 6.07) is 11.6. The highest BCUT2D eigenvalue weighted by atomic mass is 32.1. The second-order valence-corrected chi connectivity index (χ2v) is 4.28. The Morgan fingerprint density at radius 3 is 2.47 bits per heavy atom. The number of nitrogens with zero attached hydrogens (tertiary/aromatic N) is 1. The van der Waals surface area contributed by atoms with Crippen molar-refractivity contribution in [3.63, 3.8) is 0 Å². The monoisotopic (exact) mass is 248 g/mol. The molecule has 0 bridgehead atoms. The molecule has 0 saturated heterocycles. The number of nitrogens with one attached hydrogen (secondary N) is 1. The molecule has 0 unspecified atom stereocenters. The predicted octanol–water partition coefficient (Wildman–Crippen LogP) is 2.91. The number of thiophene rings is 1. The third-order valence-corrected chi connectivity index (χ3v) is 3.00. The number of rotatable bonds is 3. The van der Waals surface area contributed by atoms with Crippen LogP contribution in [0.25, 0.3) is 0 Å². The van der Waals surface area contributed by atoms with E-state index in [4.69, 9.17) is 0 Å². The van der Waals surface area contributed by atoms with Crippen molar-refractivity contribution in [1.29, 1.82) is 0 Å². The van der Waals surface area contributed by atoms with E-state index in [9.17, 15) is 14.9 Å². The standard InChI is InChI=1S/C11H8N2O3S/c14-11(8-4-2-1-3-5-8)12-9-6-7-10(17-9)13(15)16/h1-7H,(H,12,14). The van der Waals surface area contributed by atoms with Crippen molar-refractivity contribution in [2.45, 2.75) is 0 Å². The number of hydrogen-bond acceptors (Lipinski definition) is 4. The van der Waals surface area contributed by atoms with E-state index in [0.29, 0.717) is 10.6 Å². The maximum Gasteiger partial charge on any atom is 0.326 e. The van der Waals surface area contributed by atoms with E-state index in [1.165, 1.54) is 12.1 Å². The lowest BCUT2D eigenvalue weighted by atomic mass is 10.2. The van der Waals surface area contributed by atoms with Crippen LogP contribution in [0.3, 0.4) is 0 Å². The van der Waals surface area contributed by atoms with Crippen molar-refractivity contribution in [2.24, 2.45) is 0 Å². The lowest BCUT2D eigenvalue weighted by Crippen LogP contribution is -2.10. The number of amides is 1. The normalized spacial score (nSPS) is 9.88. The Labute approximate surface area is 101 Å². The number of carbonyl (C=O) groups excluding carboxylic acids is 1. The van der Waals surface area contributed by atoms with Crippen LogP contribution >= 0.6 is 11.3 Å². The molecule has 1 heterocycles. The van der Waals surface area contributed by atoms with Gasteiger partial charge in [0.1, 0.15) is 5.00 Å². The van der Waals surface area contributed by atoms with Gasteiger partial charge in [-0.2, -0.15) is 0 Å². The number of nitro groups is 1. The van der Waals surface area contributed by atoms with Crippen LogP contribution in [0.5, 0.6) is 0 Å². The zero-order chi connectivity index (χ0) is 12.3. The van der Waals surface area contributed by atoms with Crippen LogP contribution in [0, 0.1) is 10.1 Å². The summed E-state index contributed by atoms with van der Waals surface area (Å²) < 4.78 is 0. The van der Waals surface area contributed by atoms with Gasteiger partial charge in [-0.05, 0) is 29.5 Å². The molecule has 0 aliphatic rings. The molecule has 0 fully saturated rings. The molecule has 1 aromatic heterocycles. The molecule has 2 rings (SSSR count). The Hall–Kier alpha value is -2.21. The summed E-state index contributed by atoms with van der Waals surface area (Å²) in [4.78, 5) is 21.7. The average Bonchev–Trinajstić information content (AvgIpc) is 2.79. The molecule has 0 saturated carbocycles. The van der Waals surface area contributed by atoms with Gasteiger partial charge in [-0.25, -0.2) is 0 Å². The van der Waals surface area contributed by atoms with Gasteiger partial charge in [0.25, 0.3) is 5.91 Å². The smallest absolute Gasteiger partial charge is 0.313 e. The summed E-state index contributed by atoms with van der Waals surface area (Å²) in [5, 5.41) is 13.6. The van der Waals surface area contributed by atoms with Crippen LogP contribution in [-0.4, -0.2) is 10.8 Å². The molecule has 0 atom stereocenters. The molecular formula is C11H8N2O3S. The van der Waals surface area contributed by atoms with Gasteiger partial charge in [0.15, 0.2) is 0 Å². The van der Waals surface area contributed by atoms with Crippen molar-refractivity contribution in [1.82, 2.24) is 0 Å². The maximum absolute atomic E-state index is 11.7. The first-order chi connectivity index (χ1) is 8.16. The SMILES string of the molecule is O=C(Nc1ccc([N+](=O)[O-])s1)c1ccccc1. The first kappa shape index (κ1) is 11.3. The molecule has 1 amide bonds. The van der Waals surface area contributed by atoms with E-state index in [0.717, 1.165) is 11.3 Å². The fourth-order valence-electron chi connectivity index (χ4n) is 1.27. The first-order valence-electron chi connectivity index (χ1n) is 4.77. The molecule has 17 heavy (non-hydrogen) atoms. The minimum atomic E-state index is -0.483. The lowest BCUT2D eigenvalue weighted by molar-refractivity contribution is -0.380. The Bertz CT molecular complexity index is 551. The molecule has 2 aromatic rings. The fourth-order valence-corrected chi connectivity index (χ4v) is 1.98. The Morgan fingerprint density at radius 1 is 1.18 bits per heavy atom. The third-order valence-electron chi connectivity index (χ3n) is 2.04. The number of benzene rings is 1. The van der Waals surface area contributed by atoms with Gasteiger partial charge in [-0.1, -0.05) is 18.2 Å². The van der Waals surface area contributed by atoms with E-state index in [2.05, 4.69) is 5.32 Å². The number of hydrogen-bond donors (Lipinski definition) is 1. The van der Waals surface area contributed by atoms with Gasteiger partial charge in [0.05, 0.1) is 4.92 Å². The van der Waals surface area contributed by atoms with E-state index in [-0.39, 0.29) is 10.9 Å². The highest BCUT2D eigenvalue weighted by molar-refractivity contribution is 7.19. The van der Waals surface area contributed by atoms with Gasteiger partial charge in [0.2, 0.25) is 0 Å². The molecule has 0 spiro atoms. The topological polar surface area (TPSA) is 72.2 Å². The van der Waals surface area contributed by atoms with Crippen LogP contribution < -0.4 is 5.32 Å². The summed E-state index contributed by atoms with van der Waals surface area (Å²) in [5.41, 5.74) is 0.517. The molecule has 6 heteroatoms. The lowest BCUT2D eigenvalue weighted by Gasteiger charge is -2.00. The molecule has 5 nitrogen and oxygen atoms in total. The first-order valence-corrected chi connectivity index (χ1v) is 5.59. The van der Waals surface area contributed by atoms with Gasteiger partial charge in [0, 0.05) is 11.6 Å². The van der Waals surface area contributed by atoms with Crippen molar-refractivity contribution < 1.29 is 9.72 Å². The predicted molar refractivity (Wildman–Crippen MR) is 65.4 cm³/mol. The summed E-state index contributed by atoms with van der Waals surface area (Å²) >= 11 is 0.933. The van der Waals surface area contributed by atoms with E-state index >= 15 is 0 Å². The van der Waals surface area contributed by atoms with Crippen molar-refractivity contribution in [2.75, 3.05) is 5.32 Å². The summed E-state index contributed by atoms with van der Waals surface area (Å²) in [5.74, 6) is -0.276. The summed E-state index contributed by atoms with van der Waals surface area (Å²) in [6.45, 7) is 0. The van der Waals surface area contributed by atoms with Crippen LogP contribution in [0.4, 0.5) is 10.0 Å². The van der Waals surface area contributed by atoms with Crippen LogP contribution in [0.15, 0.2) is 42.5 Å². The van der Waals surface area contributed by atoms with Crippen molar-refractivity contribution in [3.8, 4) is 0 Å². The van der Waals surface area contributed by atoms with E-state index in [1.54, 1.807) is 24.3 Å². The van der Waals surface area contributed by atoms with Crippen LogP contribution in [0.1, 0.15) is 10.4 Å². The molecule has 1 N–H and O–H groups in total. The Kier molecular flexibility index (Phi) is 3.15. The number of carbonyl (C=O) groups is 1. The van der Waals surface area contributed by atoms with Crippen molar-refractivity contribution in [3.05, 3.63) is 58.1 Å². The fraction of sp³-hybridized carbons (Fsp3) is 0. The van der Waals surface area contributed by atoms with E-state index in [1.807, 2.05) is 6.07 Å². The van der Waals surface area contributed by atoms with Gasteiger partial charge >= 0.3 is 5.00 Å². The second-order valence-electron chi connectivity index (χ2n) is 3.22. The molecule has 0 aliphatic heterocycles. The summed E-state index contributed by atoms with van der Waals surface area (Å²) in [6.07, 6.45) is 0. The summed E-state index contributed by atoms with van der Waals surface area (Å²) in [7, 11) is 0. The average molecular weight is 248 g/mol. The zero-order valence-corrected chi connectivity index (χ0v) is 9.44. The molecule has 0 radical (unpaired) electrons. The second kappa shape index (κ2) is 4.75. The van der Waals surface area contributed by atoms with Crippen molar-refractivity contribution >= 4 is 27.2 Å². The largest absolute Gasteiger partial charge is 0.326 e. The Balaban J connectivity index is 2.11. The quantitative estimate of drug-likeness (QED) is 0.670.